The molecule has 1 aliphatic heterocycles. The Hall–Kier alpha value is -3.26. The van der Waals surface area contributed by atoms with E-state index in [-0.39, 0.29) is 25.2 Å². The number of aryl methyl sites for hydroxylation is 1. The van der Waals surface area contributed by atoms with Crippen molar-refractivity contribution in [3.8, 4) is 11.5 Å². The summed E-state index contributed by atoms with van der Waals surface area (Å²) in [5, 5.41) is 15.5. The number of urea groups is 1. The van der Waals surface area contributed by atoms with Crippen molar-refractivity contribution < 1.29 is 24.2 Å². The van der Waals surface area contributed by atoms with Crippen molar-refractivity contribution in [2.75, 3.05) is 32.8 Å². The summed E-state index contributed by atoms with van der Waals surface area (Å²) < 4.78 is 11.7. The first-order chi connectivity index (χ1) is 17.3. The molecule has 8 heteroatoms. The van der Waals surface area contributed by atoms with E-state index in [0.29, 0.717) is 19.8 Å². The molecule has 1 saturated heterocycles. The Bertz CT molecular complexity index is 996. The van der Waals surface area contributed by atoms with Crippen LogP contribution in [0.1, 0.15) is 56.3 Å². The third-order valence-corrected chi connectivity index (χ3v) is 6.71. The van der Waals surface area contributed by atoms with Gasteiger partial charge in [-0.15, -0.1) is 0 Å². The highest BCUT2D eigenvalue weighted by atomic mass is 16.5. The van der Waals surface area contributed by atoms with E-state index in [0.717, 1.165) is 41.9 Å². The van der Waals surface area contributed by atoms with Crippen LogP contribution in [-0.4, -0.2) is 60.4 Å². The van der Waals surface area contributed by atoms with E-state index in [4.69, 9.17) is 9.47 Å². The van der Waals surface area contributed by atoms with Crippen molar-refractivity contribution in [2.45, 2.75) is 58.5 Å². The Labute approximate surface area is 214 Å². The second-order valence-corrected chi connectivity index (χ2v) is 9.24. The largest absolute Gasteiger partial charge is 0.493 e. The van der Waals surface area contributed by atoms with Crippen molar-refractivity contribution in [1.82, 2.24) is 15.5 Å². The van der Waals surface area contributed by atoms with Crippen LogP contribution in [0.25, 0.3) is 0 Å². The van der Waals surface area contributed by atoms with Gasteiger partial charge in [0.2, 0.25) is 0 Å². The summed E-state index contributed by atoms with van der Waals surface area (Å²) in [6.07, 6.45) is 2.61. The van der Waals surface area contributed by atoms with Crippen molar-refractivity contribution in [2.24, 2.45) is 0 Å². The number of carbonyl (C=O) groups excluding carboxylic acids is 1. The molecule has 196 valence electrons. The number of nitrogens with zero attached hydrogens (tertiary/aromatic N) is 1. The summed E-state index contributed by atoms with van der Waals surface area (Å²) in [7, 11) is 0. The molecule has 0 bridgehead atoms. The first-order valence-electron chi connectivity index (χ1n) is 12.8. The maximum atomic E-state index is 13.5. The highest BCUT2D eigenvalue weighted by Crippen LogP contribution is 2.34. The highest BCUT2D eigenvalue weighted by molar-refractivity contribution is 5.88. The van der Waals surface area contributed by atoms with Gasteiger partial charge in [-0.25, -0.2) is 9.59 Å². The maximum Gasteiger partial charge on any atom is 0.332 e. The van der Waals surface area contributed by atoms with Gasteiger partial charge in [-0.1, -0.05) is 30.3 Å². The van der Waals surface area contributed by atoms with Crippen LogP contribution in [0.5, 0.6) is 11.5 Å². The minimum atomic E-state index is -1.28. The van der Waals surface area contributed by atoms with Crippen LogP contribution in [0.2, 0.25) is 0 Å². The van der Waals surface area contributed by atoms with Crippen LogP contribution in [-0.2, 0) is 11.2 Å². The van der Waals surface area contributed by atoms with E-state index in [9.17, 15) is 14.7 Å². The average Bonchev–Trinajstić information content (AvgIpc) is 2.84. The molecule has 1 aliphatic rings. The fourth-order valence-electron chi connectivity index (χ4n) is 4.39. The van der Waals surface area contributed by atoms with Gasteiger partial charge in [-0.2, -0.15) is 0 Å². The Morgan fingerprint density at radius 2 is 1.69 bits per heavy atom. The zero-order valence-corrected chi connectivity index (χ0v) is 21.8. The van der Waals surface area contributed by atoms with Crippen LogP contribution >= 0.6 is 0 Å². The lowest BCUT2D eigenvalue weighted by molar-refractivity contribution is -0.146. The van der Waals surface area contributed by atoms with Crippen LogP contribution in [0.4, 0.5) is 4.79 Å². The molecule has 2 amide bonds. The van der Waals surface area contributed by atoms with Crippen molar-refractivity contribution >= 4 is 12.0 Å². The summed E-state index contributed by atoms with van der Waals surface area (Å²) in [5.41, 5.74) is 1.77. The SMILES string of the molecule is CCOc1cc(C(C)N(CCCCc2ccccc2)C(=O)NC2(C(=O)O)CNC2)cc(OCC)c1C. The topological polar surface area (TPSA) is 100 Å². The third-order valence-electron chi connectivity index (χ3n) is 6.71. The second kappa shape index (κ2) is 12.6. The van der Waals surface area contributed by atoms with E-state index < -0.39 is 11.5 Å². The number of unbranched alkanes of at least 4 members (excludes halogenated alkanes) is 1. The molecule has 0 saturated carbocycles. The van der Waals surface area contributed by atoms with Gasteiger partial charge in [0, 0.05) is 25.2 Å². The molecule has 2 aromatic rings. The van der Waals surface area contributed by atoms with Gasteiger partial charge in [-0.05, 0) is 70.2 Å². The number of rotatable bonds is 13. The number of carboxylic acid groups (broad SMARTS) is 1. The van der Waals surface area contributed by atoms with Crippen LogP contribution in [0.15, 0.2) is 42.5 Å². The smallest absolute Gasteiger partial charge is 0.332 e. The molecule has 0 radical (unpaired) electrons. The molecule has 1 atom stereocenters. The molecule has 0 aliphatic carbocycles. The fraction of sp³-hybridized carbons (Fsp3) is 0.500. The second-order valence-electron chi connectivity index (χ2n) is 9.24. The van der Waals surface area contributed by atoms with Gasteiger partial charge in [-0.3, -0.25) is 0 Å². The first-order valence-corrected chi connectivity index (χ1v) is 12.8. The van der Waals surface area contributed by atoms with Crippen molar-refractivity contribution in [1.29, 1.82) is 0 Å². The van der Waals surface area contributed by atoms with Gasteiger partial charge >= 0.3 is 12.0 Å². The van der Waals surface area contributed by atoms with Gasteiger partial charge in [0.1, 0.15) is 11.5 Å². The van der Waals surface area contributed by atoms with E-state index in [1.165, 1.54) is 5.56 Å². The summed E-state index contributed by atoms with van der Waals surface area (Å²) in [4.78, 5) is 27.1. The highest BCUT2D eigenvalue weighted by Gasteiger charge is 2.47. The van der Waals surface area contributed by atoms with Gasteiger partial charge in [0.25, 0.3) is 0 Å². The summed E-state index contributed by atoms with van der Waals surface area (Å²) in [6, 6.07) is 13.5. The zero-order valence-electron chi connectivity index (χ0n) is 21.8. The predicted molar refractivity (Wildman–Crippen MR) is 140 cm³/mol. The Morgan fingerprint density at radius 3 is 2.19 bits per heavy atom. The number of ether oxygens (including phenoxy) is 2. The van der Waals surface area contributed by atoms with Crippen molar-refractivity contribution in [3.63, 3.8) is 0 Å². The minimum absolute atomic E-state index is 0.206. The summed E-state index contributed by atoms with van der Waals surface area (Å²) in [5.74, 6) is 0.416. The molecular formula is C28H39N3O5. The summed E-state index contributed by atoms with van der Waals surface area (Å²) >= 11 is 0. The Kier molecular flexibility index (Phi) is 9.58. The molecule has 36 heavy (non-hydrogen) atoms. The maximum absolute atomic E-state index is 13.5. The van der Waals surface area contributed by atoms with Crippen LogP contribution in [0, 0.1) is 6.92 Å². The monoisotopic (exact) mass is 497 g/mol. The number of amides is 2. The quantitative estimate of drug-likeness (QED) is 0.357. The number of nitrogens with one attached hydrogen (secondary N) is 2. The zero-order chi connectivity index (χ0) is 26.1. The number of carbonyl (C=O) groups is 2. The van der Waals surface area contributed by atoms with E-state index >= 15 is 0 Å². The van der Waals surface area contributed by atoms with E-state index in [1.807, 2.05) is 58.0 Å². The summed E-state index contributed by atoms with van der Waals surface area (Å²) in [6.45, 7) is 9.71. The molecular weight excluding hydrogens is 458 g/mol. The lowest BCUT2D eigenvalue weighted by Gasteiger charge is -2.41. The predicted octanol–water partition coefficient (Wildman–Crippen LogP) is 4.31. The molecule has 0 aromatic heterocycles. The van der Waals surface area contributed by atoms with E-state index in [2.05, 4.69) is 22.8 Å². The molecule has 0 spiro atoms. The first kappa shape index (κ1) is 27.3. The van der Waals surface area contributed by atoms with E-state index in [1.54, 1.807) is 4.90 Å². The fourth-order valence-corrected chi connectivity index (χ4v) is 4.39. The molecule has 1 unspecified atom stereocenters. The van der Waals surface area contributed by atoms with Crippen LogP contribution in [0.3, 0.4) is 0 Å². The number of benzene rings is 2. The lowest BCUT2D eigenvalue weighted by Crippen LogP contribution is -2.74. The Morgan fingerprint density at radius 1 is 1.08 bits per heavy atom. The van der Waals surface area contributed by atoms with Gasteiger partial charge in [0.05, 0.1) is 19.3 Å². The lowest BCUT2D eigenvalue weighted by atomic mass is 9.92. The average molecular weight is 498 g/mol. The molecule has 3 N–H and O–H groups in total. The molecule has 1 fully saturated rings. The minimum Gasteiger partial charge on any atom is -0.493 e. The molecule has 2 aromatic carbocycles. The van der Waals surface area contributed by atoms with Crippen LogP contribution < -0.4 is 20.1 Å². The Balaban J connectivity index is 1.83. The molecule has 3 rings (SSSR count). The number of carboxylic acids is 1. The van der Waals surface area contributed by atoms with Crippen molar-refractivity contribution in [3.05, 3.63) is 59.2 Å². The standard InChI is InChI=1S/C28H39N3O5/c1-5-35-24-16-23(17-25(20(24)3)36-6-2)21(4)31(15-11-10-14-22-12-8-7-9-13-22)27(34)30-28(26(32)33)18-29-19-28/h7-9,12-13,16-17,21,29H,5-6,10-11,14-15,18-19H2,1-4H3,(H,30,34)(H,32,33). The van der Waals surface area contributed by atoms with Gasteiger partial charge in [0.15, 0.2) is 5.54 Å². The molecule has 8 nitrogen and oxygen atoms in total. The molecule has 1 heterocycles. The van der Waals surface area contributed by atoms with Gasteiger partial charge < -0.3 is 30.1 Å². The third kappa shape index (κ3) is 6.49. The number of hydrogen-bond acceptors (Lipinski definition) is 5. The number of aliphatic carboxylic acids is 1. The number of hydrogen-bond donors (Lipinski definition) is 3. The normalized spacial score (nSPS) is 14.9.